The summed E-state index contributed by atoms with van der Waals surface area (Å²) in [5, 5.41) is 3.35. The first kappa shape index (κ1) is 11.5. The van der Waals surface area contributed by atoms with Crippen molar-refractivity contribution >= 4 is 0 Å². The van der Waals surface area contributed by atoms with Crippen LogP contribution in [0.2, 0.25) is 0 Å². The summed E-state index contributed by atoms with van der Waals surface area (Å²) in [5.41, 5.74) is 5.70. The molecule has 0 aromatic heterocycles. The highest BCUT2D eigenvalue weighted by molar-refractivity contribution is 5.00. The third-order valence-electron chi connectivity index (χ3n) is 2.46. The fourth-order valence-corrected chi connectivity index (χ4v) is 0.846. The lowest BCUT2D eigenvalue weighted by atomic mass is 9.88. The zero-order valence-electron chi connectivity index (χ0n) is 8.57. The SMILES string of the molecule is CC#CCNC(C)(CN)C(C)C. The summed E-state index contributed by atoms with van der Waals surface area (Å²) < 4.78 is 0. The quantitative estimate of drug-likeness (QED) is 0.614. The fraction of sp³-hybridized carbons (Fsp3) is 0.800. The van der Waals surface area contributed by atoms with Gasteiger partial charge in [0.15, 0.2) is 0 Å². The zero-order valence-corrected chi connectivity index (χ0v) is 8.57. The van der Waals surface area contributed by atoms with Crippen molar-refractivity contribution in [1.29, 1.82) is 0 Å². The van der Waals surface area contributed by atoms with E-state index in [0.717, 1.165) is 6.54 Å². The summed E-state index contributed by atoms with van der Waals surface area (Å²) in [7, 11) is 0. The van der Waals surface area contributed by atoms with Crippen LogP contribution < -0.4 is 11.1 Å². The first-order valence-corrected chi connectivity index (χ1v) is 4.41. The molecule has 1 unspecified atom stereocenters. The van der Waals surface area contributed by atoms with Gasteiger partial charge in [0.2, 0.25) is 0 Å². The topological polar surface area (TPSA) is 38.0 Å². The number of nitrogens with one attached hydrogen (secondary N) is 1. The van der Waals surface area contributed by atoms with Crippen LogP contribution in [0.15, 0.2) is 0 Å². The van der Waals surface area contributed by atoms with Crippen LogP contribution >= 0.6 is 0 Å². The minimum atomic E-state index is 0.0177. The third kappa shape index (κ3) is 3.25. The number of nitrogens with two attached hydrogens (primary N) is 1. The van der Waals surface area contributed by atoms with Crippen LogP contribution in [-0.4, -0.2) is 18.6 Å². The molecule has 0 saturated carbocycles. The smallest absolute Gasteiger partial charge is 0.0581 e. The lowest BCUT2D eigenvalue weighted by Crippen LogP contribution is -2.52. The maximum absolute atomic E-state index is 5.68. The standard InChI is InChI=1S/C10H20N2/c1-5-6-7-12-10(4,8-11)9(2)3/h9,12H,7-8,11H2,1-4H3. The predicted molar refractivity (Wildman–Crippen MR) is 53.8 cm³/mol. The summed E-state index contributed by atoms with van der Waals surface area (Å²) >= 11 is 0. The van der Waals surface area contributed by atoms with Gasteiger partial charge in [-0.15, -0.1) is 5.92 Å². The van der Waals surface area contributed by atoms with Gasteiger partial charge in [-0.2, -0.15) is 0 Å². The van der Waals surface area contributed by atoms with Gasteiger partial charge in [0.05, 0.1) is 6.54 Å². The molecule has 0 radical (unpaired) electrons. The molecule has 70 valence electrons. The summed E-state index contributed by atoms with van der Waals surface area (Å²) in [6.45, 7) is 9.68. The maximum atomic E-state index is 5.68. The molecule has 0 saturated heterocycles. The van der Waals surface area contributed by atoms with Crippen molar-refractivity contribution in [2.24, 2.45) is 11.7 Å². The molecule has 0 rings (SSSR count). The Kier molecular flexibility index (Phi) is 4.96. The molecule has 2 heteroatoms. The molecule has 0 amide bonds. The van der Waals surface area contributed by atoms with E-state index in [1.165, 1.54) is 0 Å². The molecule has 0 spiro atoms. The normalized spacial score (nSPS) is 15.2. The Balaban J connectivity index is 4.02. The maximum Gasteiger partial charge on any atom is 0.0581 e. The molecule has 0 aromatic rings. The molecule has 0 aliphatic carbocycles. The van der Waals surface area contributed by atoms with Crippen molar-refractivity contribution in [3.8, 4) is 11.8 Å². The number of hydrogen-bond donors (Lipinski definition) is 2. The molecule has 12 heavy (non-hydrogen) atoms. The van der Waals surface area contributed by atoms with Gasteiger partial charge in [-0.1, -0.05) is 19.8 Å². The Morgan fingerprint density at radius 3 is 2.42 bits per heavy atom. The monoisotopic (exact) mass is 168 g/mol. The lowest BCUT2D eigenvalue weighted by molar-refractivity contribution is 0.281. The van der Waals surface area contributed by atoms with Crippen LogP contribution in [0.4, 0.5) is 0 Å². The van der Waals surface area contributed by atoms with E-state index in [-0.39, 0.29) is 5.54 Å². The Labute approximate surface area is 75.9 Å². The largest absolute Gasteiger partial charge is 0.329 e. The molecule has 0 aliphatic heterocycles. The third-order valence-corrected chi connectivity index (χ3v) is 2.46. The molecular weight excluding hydrogens is 148 g/mol. The highest BCUT2D eigenvalue weighted by Crippen LogP contribution is 2.13. The molecule has 0 aliphatic rings. The second-order valence-electron chi connectivity index (χ2n) is 3.56. The van der Waals surface area contributed by atoms with E-state index in [1.54, 1.807) is 0 Å². The highest BCUT2D eigenvalue weighted by Gasteiger charge is 2.24. The van der Waals surface area contributed by atoms with Crippen LogP contribution in [0.1, 0.15) is 27.7 Å². The van der Waals surface area contributed by atoms with Crippen molar-refractivity contribution in [1.82, 2.24) is 5.32 Å². The van der Waals surface area contributed by atoms with E-state index in [4.69, 9.17) is 5.73 Å². The molecular formula is C10H20N2. The van der Waals surface area contributed by atoms with Gasteiger partial charge in [-0.25, -0.2) is 0 Å². The van der Waals surface area contributed by atoms with E-state index in [9.17, 15) is 0 Å². The van der Waals surface area contributed by atoms with Crippen molar-refractivity contribution in [2.45, 2.75) is 33.2 Å². The second-order valence-corrected chi connectivity index (χ2v) is 3.56. The minimum Gasteiger partial charge on any atom is -0.329 e. The van der Waals surface area contributed by atoms with Gasteiger partial charge in [0, 0.05) is 12.1 Å². The first-order valence-electron chi connectivity index (χ1n) is 4.41. The van der Waals surface area contributed by atoms with Crippen molar-refractivity contribution in [3.05, 3.63) is 0 Å². The molecule has 0 bridgehead atoms. The van der Waals surface area contributed by atoms with E-state index in [0.29, 0.717) is 12.5 Å². The summed E-state index contributed by atoms with van der Waals surface area (Å²) in [5.74, 6) is 6.36. The lowest BCUT2D eigenvalue weighted by Gasteiger charge is -2.32. The minimum absolute atomic E-state index is 0.0177. The molecule has 2 nitrogen and oxygen atoms in total. The van der Waals surface area contributed by atoms with Gasteiger partial charge in [0.25, 0.3) is 0 Å². The Hall–Kier alpha value is -0.520. The average molecular weight is 168 g/mol. The summed E-state index contributed by atoms with van der Waals surface area (Å²) in [6.07, 6.45) is 0. The second kappa shape index (κ2) is 5.18. The van der Waals surface area contributed by atoms with Crippen LogP contribution in [0.5, 0.6) is 0 Å². The van der Waals surface area contributed by atoms with E-state index in [1.807, 2.05) is 6.92 Å². The van der Waals surface area contributed by atoms with Gasteiger partial charge >= 0.3 is 0 Å². The van der Waals surface area contributed by atoms with Crippen molar-refractivity contribution < 1.29 is 0 Å². The highest BCUT2D eigenvalue weighted by atomic mass is 15.0. The Morgan fingerprint density at radius 2 is 2.08 bits per heavy atom. The fourth-order valence-electron chi connectivity index (χ4n) is 0.846. The van der Waals surface area contributed by atoms with E-state index in [2.05, 4.69) is 37.9 Å². The van der Waals surface area contributed by atoms with E-state index < -0.39 is 0 Å². The van der Waals surface area contributed by atoms with Crippen LogP contribution in [-0.2, 0) is 0 Å². The van der Waals surface area contributed by atoms with Crippen LogP contribution in [0.25, 0.3) is 0 Å². The molecule has 0 aromatic carbocycles. The molecule has 1 atom stereocenters. The summed E-state index contributed by atoms with van der Waals surface area (Å²) in [6, 6.07) is 0. The van der Waals surface area contributed by atoms with Gasteiger partial charge in [-0.3, -0.25) is 5.32 Å². The van der Waals surface area contributed by atoms with Gasteiger partial charge < -0.3 is 5.73 Å². The first-order chi connectivity index (χ1) is 5.56. The molecule has 3 N–H and O–H groups in total. The Morgan fingerprint density at radius 1 is 1.50 bits per heavy atom. The van der Waals surface area contributed by atoms with Crippen LogP contribution in [0.3, 0.4) is 0 Å². The molecule has 0 fully saturated rings. The predicted octanol–water partition coefficient (Wildman–Crippen LogP) is 0.973. The van der Waals surface area contributed by atoms with E-state index >= 15 is 0 Å². The van der Waals surface area contributed by atoms with Gasteiger partial charge in [0.1, 0.15) is 0 Å². The Bertz CT molecular complexity index is 176. The summed E-state index contributed by atoms with van der Waals surface area (Å²) in [4.78, 5) is 0. The average Bonchev–Trinajstić information content (AvgIpc) is 2.04. The zero-order chi connectivity index (χ0) is 9.61. The number of rotatable bonds is 4. The number of hydrogen-bond acceptors (Lipinski definition) is 2. The van der Waals surface area contributed by atoms with Crippen LogP contribution in [0, 0.1) is 17.8 Å². The van der Waals surface area contributed by atoms with Crippen molar-refractivity contribution in [2.75, 3.05) is 13.1 Å². The van der Waals surface area contributed by atoms with Crippen molar-refractivity contribution in [3.63, 3.8) is 0 Å². The molecule has 0 heterocycles. The van der Waals surface area contributed by atoms with Gasteiger partial charge in [-0.05, 0) is 19.8 Å².